The number of hydrogen-bond donors (Lipinski definition) is 0. The van der Waals surface area contributed by atoms with E-state index in [1.54, 1.807) is 0 Å². The predicted molar refractivity (Wildman–Crippen MR) is 88.3 cm³/mol. The highest BCUT2D eigenvalue weighted by atomic mass is 16.5. The molecule has 0 aliphatic carbocycles. The number of esters is 1. The van der Waals surface area contributed by atoms with Crippen LogP contribution in [0.2, 0.25) is 0 Å². The highest BCUT2D eigenvalue weighted by molar-refractivity contribution is 6.01. The third-order valence-corrected chi connectivity index (χ3v) is 3.58. The lowest BCUT2D eigenvalue weighted by molar-refractivity contribution is -0.255. The van der Waals surface area contributed by atoms with Gasteiger partial charge >= 0.3 is 5.97 Å². The Labute approximate surface area is 144 Å². The van der Waals surface area contributed by atoms with Crippen molar-refractivity contribution in [3.8, 4) is 0 Å². The van der Waals surface area contributed by atoms with Crippen LogP contribution in [-0.4, -0.2) is 18.5 Å². The fourth-order valence-corrected chi connectivity index (χ4v) is 2.27. The minimum absolute atomic E-state index is 0.0733. The van der Waals surface area contributed by atoms with E-state index in [1.165, 1.54) is 32.1 Å². The number of carbonyl (C=O) groups is 2. The van der Waals surface area contributed by atoms with Gasteiger partial charge in [0.15, 0.2) is 0 Å². The number of unbranched alkanes of at least 4 members (excludes halogenated alkanes) is 8. The first-order chi connectivity index (χ1) is 12.8. The Morgan fingerprint density at radius 3 is 2.04 bits per heavy atom. The SMILES string of the molecule is [2H]c1c([2H])c([2H])c(C(=O)OCCCCCCCCCCC)c(C(=O)[O-])c1[2H]. The van der Waals surface area contributed by atoms with Crippen molar-refractivity contribution < 1.29 is 24.9 Å². The summed E-state index contributed by atoms with van der Waals surface area (Å²) in [6.45, 7) is 2.25. The van der Waals surface area contributed by atoms with Gasteiger partial charge in [-0.15, -0.1) is 0 Å². The van der Waals surface area contributed by atoms with Gasteiger partial charge in [-0.2, -0.15) is 0 Å². The molecule has 4 nitrogen and oxygen atoms in total. The molecule has 1 aromatic rings. The van der Waals surface area contributed by atoms with Crippen molar-refractivity contribution in [2.75, 3.05) is 6.61 Å². The molecule has 0 amide bonds. The lowest BCUT2D eigenvalue weighted by atomic mass is 10.1. The minimum atomic E-state index is -1.84. The molecular weight excluding hydrogens is 292 g/mol. The molecule has 0 heterocycles. The second-order valence-corrected chi connectivity index (χ2v) is 5.50. The van der Waals surface area contributed by atoms with Crippen LogP contribution in [0.3, 0.4) is 0 Å². The summed E-state index contributed by atoms with van der Waals surface area (Å²) in [7, 11) is 0. The van der Waals surface area contributed by atoms with Gasteiger partial charge < -0.3 is 14.6 Å². The number of carboxylic acid groups (broad SMARTS) is 1. The van der Waals surface area contributed by atoms with E-state index in [0.717, 1.165) is 19.3 Å². The van der Waals surface area contributed by atoms with E-state index < -0.39 is 47.2 Å². The number of carbonyl (C=O) groups excluding carboxylic acids is 2. The first-order valence-corrected chi connectivity index (χ1v) is 8.31. The summed E-state index contributed by atoms with van der Waals surface area (Å²) < 4.78 is 35.5. The normalized spacial score (nSPS) is 12.9. The van der Waals surface area contributed by atoms with Gasteiger partial charge in [-0.3, -0.25) is 0 Å². The van der Waals surface area contributed by atoms with Gasteiger partial charge in [0.2, 0.25) is 0 Å². The van der Waals surface area contributed by atoms with E-state index in [4.69, 9.17) is 10.2 Å². The Balaban J connectivity index is 2.53. The fraction of sp³-hybridized carbons (Fsp3) is 0.579. The predicted octanol–water partition coefficient (Wildman–Crippen LogP) is 3.74. The zero-order valence-electron chi connectivity index (χ0n) is 17.7. The Morgan fingerprint density at radius 2 is 1.48 bits per heavy atom. The average Bonchev–Trinajstić information content (AvgIpc) is 2.63. The van der Waals surface area contributed by atoms with Crippen molar-refractivity contribution in [2.24, 2.45) is 0 Å². The number of benzene rings is 1. The molecule has 0 N–H and O–H groups in total. The molecule has 0 unspecified atom stereocenters. The topological polar surface area (TPSA) is 66.4 Å². The molecule has 128 valence electrons. The van der Waals surface area contributed by atoms with Crippen molar-refractivity contribution in [3.05, 3.63) is 35.3 Å². The Kier molecular flexibility index (Phi) is 6.91. The maximum Gasteiger partial charge on any atom is 0.338 e. The summed E-state index contributed by atoms with van der Waals surface area (Å²) >= 11 is 0. The van der Waals surface area contributed by atoms with Crippen LogP contribution in [-0.2, 0) is 4.74 Å². The van der Waals surface area contributed by atoms with Crippen molar-refractivity contribution in [3.63, 3.8) is 0 Å². The van der Waals surface area contributed by atoms with Gasteiger partial charge in [0.1, 0.15) is 0 Å². The van der Waals surface area contributed by atoms with Crippen molar-refractivity contribution in [1.29, 1.82) is 0 Å². The van der Waals surface area contributed by atoms with E-state index in [0.29, 0.717) is 6.42 Å². The Morgan fingerprint density at radius 1 is 0.957 bits per heavy atom. The fourth-order valence-electron chi connectivity index (χ4n) is 2.27. The highest BCUT2D eigenvalue weighted by Crippen LogP contribution is 2.12. The summed E-state index contributed by atoms with van der Waals surface area (Å²) in [5.41, 5.74) is -1.55. The lowest BCUT2D eigenvalue weighted by Gasteiger charge is -2.10. The molecule has 23 heavy (non-hydrogen) atoms. The summed E-state index contributed by atoms with van der Waals surface area (Å²) in [5, 5.41) is 11.2. The number of carboxylic acids is 1. The Bertz CT molecular complexity index is 662. The zero-order chi connectivity index (χ0) is 20.4. The molecule has 0 bridgehead atoms. The van der Waals surface area contributed by atoms with Crippen LogP contribution in [0.5, 0.6) is 0 Å². The van der Waals surface area contributed by atoms with Crippen molar-refractivity contribution >= 4 is 11.9 Å². The van der Waals surface area contributed by atoms with Gasteiger partial charge in [0.05, 0.1) is 23.6 Å². The van der Waals surface area contributed by atoms with Crippen LogP contribution in [0.4, 0.5) is 0 Å². The highest BCUT2D eigenvalue weighted by Gasteiger charge is 2.12. The summed E-state index contributed by atoms with van der Waals surface area (Å²) in [5.74, 6) is -2.90. The number of aromatic carboxylic acids is 1. The average molecular weight is 323 g/mol. The molecule has 4 heteroatoms. The molecule has 1 rings (SSSR count). The second kappa shape index (κ2) is 11.7. The largest absolute Gasteiger partial charge is 0.545 e. The first kappa shape index (κ1) is 13.6. The molecule has 0 aromatic heterocycles. The van der Waals surface area contributed by atoms with Gasteiger partial charge in [-0.1, -0.05) is 76.4 Å². The first-order valence-electron chi connectivity index (χ1n) is 10.3. The maximum atomic E-state index is 12.2. The van der Waals surface area contributed by atoms with Gasteiger partial charge in [0.25, 0.3) is 0 Å². The third-order valence-electron chi connectivity index (χ3n) is 3.58. The van der Waals surface area contributed by atoms with E-state index >= 15 is 0 Å². The van der Waals surface area contributed by atoms with Crippen LogP contribution in [0.1, 0.15) is 90.9 Å². The lowest BCUT2D eigenvalue weighted by Crippen LogP contribution is -2.25. The molecule has 0 atom stereocenters. The standard InChI is InChI=1S/C19H28O4/c1-2-3-4-5-6-7-8-9-12-15-23-19(22)17-14-11-10-13-16(17)18(20)21/h10-11,13-14H,2-9,12,15H2,1H3,(H,20,21)/p-1/i10D,11D,13D,14D. The molecule has 0 saturated carbocycles. The molecule has 0 spiro atoms. The van der Waals surface area contributed by atoms with E-state index in [-0.39, 0.29) is 6.61 Å². The molecule has 0 aliphatic rings. The quantitative estimate of drug-likeness (QED) is 0.434. The summed E-state index contributed by atoms with van der Waals surface area (Å²) in [6, 6.07) is -2.95. The monoisotopic (exact) mass is 323 g/mol. The molecule has 0 fully saturated rings. The minimum Gasteiger partial charge on any atom is -0.545 e. The Hall–Kier alpha value is -1.84. The molecule has 0 saturated heterocycles. The zero-order valence-corrected chi connectivity index (χ0v) is 13.7. The number of hydrogen-bond acceptors (Lipinski definition) is 4. The number of rotatable bonds is 12. The smallest absolute Gasteiger partial charge is 0.338 e. The van der Waals surface area contributed by atoms with Crippen molar-refractivity contribution in [2.45, 2.75) is 64.7 Å². The third kappa shape index (κ3) is 7.82. The van der Waals surface area contributed by atoms with Crippen LogP contribution < -0.4 is 5.11 Å². The van der Waals surface area contributed by atoms with Gasteiger partial charge in [-0.05, 0) is 12.5 Å². The van der Waals surface area contributed by atoms with E-state index in [9.17, 15) is 14.7 Å². The molecule has 0 radical (unpaired) electrons. The van der Waals surface area contributed by atoms with Gasteiger partial charge in [0, 0.05) is 5.56 Å². The maximum absolute atomic E-state index is 12.2. The van der Waals surface area contributed by atoms with Crippen molar-refractivity contribution in [1.82, 2.24) is 0 Å². The van der Waals surface area contributed by atoms with E-state index in [1.807, 2.05) is 0 Å². The van der Waals surface area contributed by atoms with Crippen LogP contribution in [0.25, 0.3) is 0 Å². The number of ether oxygens (including phenoxy) is 1. The van der Waals surface area contributed by atoms with E-state index in [2.05, 4.69) is 6.92 Å². The molecule has 0 aliphatic heterocycles. The second-order valence-electron chi connectivity index (χ2n) is 5.50. The summed E-state index contributed by atoms with van der Waals surface area (Å²) in [4.78, 5) is 23.4. The molecular formula is C19H27O4-. The van der Waals surface area contributed by atoms with Crippen LogP contribution in [0, 0.1) is 0 Å². The molecule has 1 aromatic carbocycles. The van der Waals surface area contributed by atoms with Gasteiger partial charge in [-0.25, -0.2) is 4.79 Å². The van der Waals surface area contributed by atoms with Crippen LogP contribution in [0.15, 0.2) is 24.2 Å². The summed E-state index contributed by atoms with van der Waals surface area (Å²) in [6.07, 6.45) is 9.82. The van der Waals surface area contributed by atoms with Crippen LogP contribution >= 0.6 is 0 Å².